The first-order valence-corrected chi connectivity index (χ1v) is 6.07. The first kappa shape index (κ1) is 13.6. The zero-order chi connectivity index (χ0) is 12.7. The van der Waals surface area contributed by atoms with Crippen molar-refractivity contribution in [1.82, 2.24) is 4.90 Å². The number of nitrogens with zero attached hydrogens (tertiary/aromatic N) is 1. The highest BCUT2D eigenvalue weighted by molar-refractivity contribution is 5.77. The van der Waals surface area contributed by atoms with Crippen LogP contribution in [0.2, 0.25) is 0 Å². The lowest BCUT2D eigenvalue weighted by atomic mass is 10.2. The van der Waals surface area contributed by atoms with Crippen LogP contribution in [0.1, 0.15) is 25.3 Å². The van der Waals surface area contributed by atoms with E-state index in [0.29, 0.717) is 0 Å². The molecule has 1 amide bonds. The maximum Gasteiger partial charge on any atom is 0.260 e. The number of benzene rings is 1. The van der Waals surface area contributed by atoms with E-state index in [2.05, 4.69) is 6.92 Å². The van der Waals surface area contributed by atoms with E-state index in [0.717, 1.165) is 25.1 Å². The smallest absolute Gasteiger partial charge is 0.260 e. The quantitative estimate of drug-likeness (QED) is 0.758. The summed E-state index contributed by atoms with van der Waals surface area (Å²) in [6, 6.07) is 7.71. The average Bonchev–Trinajstić information content (AvgIpc) is 2.34. The molecule has 1 aromatic rings. The van der Waals surface area contributed by atoms with Crippen LogP contribution in [0.25, 0.3) is 0 Å². The molecule has 0 N–H and O–H groups in total. The predicted octanol–water partition coefficient (Wildman–Crippen LogP) is 2.63. The number of hydrogen-bond donors (Lipinski definition) is 0. The van der Waals surface area contributed by atoms with E-state index in [1.165, 1.54) is 5.56 Å². The number of carbonyl (C=O) groups is 1. The summed E-state index contributed by atoms with van der Waals surface area (Å²) in [5, 5.41) is 0. The number of unbranched alkanes of at least 4 members (excludes halogenated alkanes) is 1. The molecular formula is C14H21NO2. The summed E-state index contributed by atoms with van der Waals surface area (Å²) in [6.07, 6.45) is 2.13. The van der Waals surface area contributed by atoms with Crippen molar-refractivity contribution in [2.45, 2.75) is 26.7 Å². The Morgan fingerprint density at radius 1 is 1.29 bits per heavy atom. The van der Waals surface area contributed by atoms with E-state index in [1.807, 2.05) is 38.2 Å². The summed E-state index contributed by atoms with van der Waals surface area (Å²) < 4.78 is 5.43. The first-order chi connectivity index (χ1) is 8.13. The fraction of sp³-hybridized carbons (Fsp3) is 0.500. The molecule has 94 valence electrons. The summed E-state index contributed by atoms with van der Waals surface area (Å²) in [5.41, 5.74) is 1.18. The lowest BCUT2D eigenvalue weighted by molar-refractivity contribution is -0.132. The van der Waals surface area contributed by atoms with E-state index in [1.54, 1.807) is 4.90 Å². The fourth-order valence-corrected chi connectivity index (χ4v) is 1.41. The Kier molecular flexibility index (Phi) is 5.53. The van der Waals surface area contributed by atoms with Crippen LogP contribution in [-0.2, 0) is 4.79 Å². The summed E-state index contributed by atoms with van der Waals surface area (Å²) >= 11 is 0. The van der Waals surface area contributed by atoms with Gasteiger partial charge >= 0.3 is 0 Å². The van der Waals surface area contributed by atoms with Crippen LogP contribution in [-0.4, -0.2) is 31.0 Å². The van der Waals surface area contributed by atoms with Crippen LogP contribution in [0, 0.1) is 6.92 Å². The van der Waals surface area contributed by atoms with E-state index in [4.69, 9.17) is 4.74 Å². The molecule has 0 aliphatic rings. The van der Waals surface area contributed by atoms with Crippen LogP contribution >= 0.6 is 0 Å². The van der Waals surface area contributed by atoms with Gasteiger partial charge in [0.15, 0.2) is 6.61 Å². The van der Waals surface area contributed by atoms with Gasteiger partial charge in [0.05, 0.1) is 0 Å². The van der Waals surface area contributed by atoms with Gasteiger partial charge in [-0.1, -0.05) is 31.0 Å². The number of ether oxygens (including phenoxy) is 1. The number of rotatable bonds is 6. The van der Waals surface area contributed by atoms with Crippen molar-refractivity contribution in [2.75, 3.05) is 20.2 Å². The van der Waals surface area contributed by atoms with Gasteiger partial charge in [-0.05, 0) is 25.5 Å². The molecule has 1 rings (SSSR count). The highest BCUT2D eigenvalue weighted by Gasteiger charge is 2.08. The van der Waals surface area contributed by atoms with Crippen molar-refractivity contribution in [3.05, 3.63) is 29.8 Å². The summed E-state index contributed by atoms with van der Waals surface area (Å²) in [6.45, 7) is 5.05. The number of carbonyl (C=O) groups excluding carboxylic acids is 1. The van der Waals surface area contributed by atoms with Gasteiger partial charge in [0, 0.05) is 13.6 Å². The third kappa shape index (κ3) is 4.89. The van der Waals surface area contributed by atoms with Crippen molar-refractivity contribution >= 4 is 5.91 Å². The highest BCUT2D eigenvalue weighted by atomic mass is 16.5. The van der Waals surface area contributed by atoms with Gasteiger partial charge in [0.2, 0.25) is 0 Å². The number of hydrogen-bond acceptors (Lipinski definition) is 2. The van der Waals surface area contributed by atoms with Gasteiger partial charge < -0.3 is 9.64 Å². The molecule has 0 aliphatic heterocycles. The summed E-state index contributed by atoms with van der Waals surface area (Å²) in [5.74, 6) is 0.770. The minimum absolute atomic E-state index is 0.0269. The normalized spacial score (nSPS) is 10.1. The molecular weight excluding hydrogens is 214 g/mol. The third-order valence-corrected chi connectivity index (χ3v) is 2.66. The summed E-state index contributed by atoms with van der Waals surface area (Å²) in [4.78, 5) is 13.4. The van der Waals surface area contributed by atoms with Crippen molar-refractivity contribution in [2.24, 2.45) is 0 Å². The predicted molar refractivity (Wildman–Crippen MR) is 69.2 cm³/mol. The average molecular weight is 235 g/mol. The van der Waals surface area contributed by atoms with Gasteiger partial charge in [-0.3, -0.25) is 4.79 Å². The number of likely N-dealkylation sites (N-methyl/N-ethyl adjacent to an activating group) is 1. The SMILES string of the molecule is CCCCN(C)C(=O)COc1ccc(C)cc1. The molecule has 0 spiro atoms. The minimum Gasteiger partial charge on any atom is -0.484 e. The molecule has 0 saturated carbocycles. The molecule has 0 bridgehead atoms. The standard InChI is InChI=1S/C14H21NO2/c1-4-5-10-15(3)14(16)11-17-13-8-6-12(2)7-9-13/h6-9H,4-5,10-11H2,1-3H3. The molecule has 0 radical (unpaired) electrons. The van der Waals surface area contributed by atoms with Gasteiger partial charge in [-0.2, -0.15) is 0 Å². The minimum atomic E-state index is 0.0269. The molecule has 0 aromatic heterocycles. The Hall–Kier alpha value is -1.51. The van der Waals surface area contributed by atoms with Gasteiger partial charge in [0.1, 0.15) is 5.75 Å². The van der Waals surface area contributed by atoms with E-state index < -0.39 is 0 Å². The largest absolute Gasteiger partial charge is 0.484 e. The second kappa shape index (κ2) is 6.94. The van der Waals surface area contributed by atoms with Crippen LogP contribution in [0.3, 0.4) is 0 Å². The topological polar surface area (TPSA) is 29.5 Å². The number of amides is 1. The second-order valence-corrected chi connectivity index (χ2v) is 4.27. The highest BCUT2D eigenvalue weighted by Crippen LogP contribution is 2.11. The van der Waals surface area contributed by atoms with Crippen LogP contribution in [0.5, 0.6) is 5.75 Å². The van der Waals surface area contributed by atoms with Gasteiger partial charge in [-0.15, -0.1) is 0 Å². The van der Waals surface area contributed by atoms with Crippen molar-refractivity contribution in [1.29, 1.82) is 0 Å². The Balaban J connectivity index is 2.34. The first-order valence-electron chi connectivity index (χ1n) is 6.07. The van der Waals surface area contributed by atoms with Gasteiger partial charge in [-0.25, -0.2) is 0 Å². The Morgan fingerprint density at radius 2 is 1.94 bits per heavy atom. The monoisotopic (exact) mass is 235 g/mol. The molecule has 17 heavy (non-hydrogen) atoms. The third-order valence-electron chi connectivity index (χ3n) is 2.66. The fourth-order valence-electron chi connectivity index (χ4n) is 1.41. The molecule has 3 heteroatoms. The maximum atomic E-state index is 11.7. The Bertz CT molecular complexity index is 346. The van der Waals surface area contributed by atoms with E-state index in [9.17, 15) is 4.79 Å². The Labute approximate surface area is 103 Å². The van der Waals surface area contributed by atoms with Crippen LogP contribution < -0.4 is 4.74 Å². The van der Waals surface area contributed by atoms with Crippen molar-refractivity contribution in [3.8, 4) is 5.75 Å². The zero-order valence-electron chi connectivity index (χ0n) is 10.9. The molecule has 1 aromatic carbocycles. The molecule has 0 fully saturated rings. The van der Waals surface area contributed by atoms with Crippen molar-refractivity contribution in [3.63, 3.8) is 0 Å². The Morgan fingerprint density at radius 3 is 2.53 bits per heavy atom. The molecule has 0 saturated heterocycles. The number of aryl methyl sites for hydroxylation is 1. The molecule has 0 aliphatic carbocycles. The lowest BCUT2D eigenvalue weighted by Crippen LogP contribution is -2.32. The second-order valence-electron chi connectivity index (χ2n) is 4.27. The molecule has 0 unspecified atom stereocenters. The van der Waals surface area contributed by atoms with Gasteiger partial charge in [0.25, 0.3) is 5.91 Å². The van der Waals surface area contributed by atoms with Crippen LogP contribution in [0.15, 0.2) is 24.3 Å². The maximum absolute atomic E-state index is 11.7. The molecule has 3 nitrogen and oxygen atoms in total. The van der Waals surface area contributed by atoms with E-state index in [-0.39, 0.29) is 12.5 Å². The van der Waals surface area contributed by atoms with E-state index >= 15 is 0 Å². The van der Waals surface area contributed by atoms with Crippen molar-refractivity contribution < 1.29 is 9.53 Å². The zero-order valence-corrected chi connectivity index (χ0v) is 10.9. The lowest BCUT2D eigenvalue weighted by Gasteiger charge is -2.16. The van der Waals surface area contributed by atoms with Crippen LogP contribution in [0.4, 0.5) is 0 Å². The summed E-state index contributed by atoms with van der Waals surface area (Å²) in [7, 11) is 1.82. The molecule has 0 heterocycles. The molecule has 0 atom stereocenters.